The molecule has 2 nitrogen and oxygen atoms in total. The first-order chi connectivity index (χ1) is 9.43. The van der Waals surface area contributed by atoms with Gasteiger partial charge < -0.3 is 9.47 Å². The van der Waals surface area contributed by atoms with Gasteiger partial charge in [-0.15, -0.1) is 11.3 Å². The maximum atomic E-state index is 12.4. The second kappa shape index (κ2) is 8.64. The van der Waals surface area contributed by atoms with Crippen molar-refractivity contribution in [2.24, 2.45) is 0 Å². The molecule has 1 heterocycles. The van der Waals surface area contributed by atoms with E-state index in [2.05, 4.69) is 0 Å². The van der Waals surface area contributed by atoms with Crippen molar-refractivity contribution in [2.75, 3.05) is 20.3 Å². The van der Waals surface area contributed by atoms with Gasteiger partial charge in [0.2, 0.25) is 0 Å². The van der Waals surface area contributed by atoms with Crippen LogP contribution in [0.5, 0.6) is 0 Å². The predicted molar refractivity (Wildman–Crippen MR) is 74.2 cm³/mol. The molecule has 0 N–H and O–H groups in total. The third-order valence-electron chi connectivity index (χ3n) is 2.94. The predicted octanol–water partition coefficient (Wildman–Crippen LogP) is 4.53. The number of unbranched alkanes of at least 4 members (excludes halogenated alkanes) is 1. The molecular weight excluding hydrogens is 289 g/mol. The SMILES string of the molecule is COCCCCC(C)OCCc1csc(C(F)(F)F)c1. The largest absolute Gasteiger partial charge is 0.425 e. The Morgan fingerprint density at radius 1 is 1.25 bits per heavy atom. The maximum Gasteiger partial charge on any atom is 0.425 e. The Kier molecular flexibility index (Phi) is 7.55. The Morgan fingerprint density at radius 2 is 2.00 bits per heavy atom. The van der Waals surface area contributed by atoms with Crippen LogP contribution in [0.3, 0.4) is 0 Å². The Balaban J connectivity index is 2.19. The lowest BCUT2D eigenvalue weighted by Crippen LogP contribution is -2.11. The van der Waals surface area contributed by atoms with Gasteiger partial charge in [0.1, 0.15) is 4.88 Å². The fourth-order valence-electron chi connectivity index (χ4n) is 1.79. The van der Waals surface area contributed by atoms with Gasteiger partial charge in [-0.25, -0.2) is 0 Å². The second-order valence-electron chi connectivity index (χ2n) is 4.74. The van der Waals surface area contributed by atoms with E-state index in [1.54, 1.807) is 12.5 Å². The van der Waals surface area contributed by atoms with Crippen LogP contribution in [0.4, 0.5) is 13.2 Å². The van der Waals surface area contributed by atoms with Crippen LogP contribution >= 0.6 is 11.3 Å². The monoisotopic (exact) mass is 310 g/mol. The van der Waals surface area contributed by atoms with E-state index in [-0.39, 0.29) is 6.10 Å². The number of alkyl halides is 3. The van der Waals surface area contributed by atoms with Gasteiger partial charge in [0.25, 0.3) is 0 Å². The first-order valence-electron chi connectivity index (χ1n) is 6.68. The molecule has 6 heteroatoms. The summed E-state index contributed by atoms with van der Waals surface area (Å²) in [6, 6.07) is 1.21. The number of rotatable bonds is 9. The van der Waals surface area contributed by atoms with Gasteiger partial charge in [0, 0.05) is 13.7 Å². The summed E-state index contributed by atoms with van der Waals surface area (Å²) in [5, 5.41) is 1.55. The van der Waals surface area contributed by atoms with E-state index in [0.717, 1.165) is 37.2 Å². The van der Waals surface area contributed by atoms with Crippen molar-refractivity contribution < 1.29 is 22.6 Å². The van der Waals surface area contributed by atoms with Crippen LogP contribution in [0.2, 0.25) is 0 Å². The molecule has 1 atom stereocenters. The van der Waals surface area contributed by atoms with E-state index in [0.29, 0.717) is 18.6 Å². The van der Waals surface area contributed by atoms with E-state index >= 15 is 0 Å². The lowest BCUT2D eigenvalue weighted by atomic mass is 10.2. The van der Waals surface area contributed by atoms with Crippen LogP contribution in [0.1, 0.15) is 36.6 Å². The highest BCUT2D eigenvalue weighted by Gasteiger charge is 2.32. The van der Waals surface area contributed by atoms with Crippen LogP contribution in [-0.4, -0.2) is 26.4 Å². The fraction of sp³-hybridized carbons (Fsp3) is 0.714. The third kappa shape index (κ3) is 6.72. The molecule has 0 spiro atoms. The minimum absolute atomic E-state index is 0.132. The average molecular weight is 310 g/mol. The molecule has 0 bridgehead atoms. The highest BCUT2D eigenvalue weighted by Crippen LogP contribution is 2.34. The summed E-state index contributed by atoms with van der Waals surface area (Å²) in [6.07, 6.45) is -0.601. The van der Waals surface area contributed by atoms with Crippen molar-refractivity contribution in [3.05, 3.63) is 21.9 Å². The quantitative estimate of drug-likeness (QED) is 0.624. The highest BCUT2D eigenvalue weighted by atomic mass is 32.1. The Bertz CT molecular complexity index is 377. The zero-order chi connectivity index (χ0) is 15.0. The average Bonchev–Trinajstić information content (AvgIpc) is 2.83. The zero-order valence-electron chi connectivity index (χ0n) is 11.8. The van der Waals surface area contributed by atoms with E-state index in [9.17, 15) is 13.2 Å². The van der Waals surface area contributed by atoms with Gasteiger partial charge in [-0.1, -0.05) is 0 Å². The standard InChI is InChI=1S/C14H21F3O2S/c1-11(5-3-4-7-18-2)19-8-6-12-9-13(20-10-12)14(15,16)17/h9-11H,3-8H2,1-2H3. The number of hydrogen-bond donors (Lipinski definition) is 0. The molecule has 0 fully saturated rings. The van der Waals surface area contributed by atoms with Crippen molar-refractivity contribution in [3.8, 4) is 0 Å². The highest BCUT2D eigenvalue weighted by molar-refractivity contribution is 7.10. The van der Waals surface area contributed by atoms with Crippen molar-refractivity contribution in [1.82, 2.24) is 0 Å². The van der Waals surface area contributed by atoms with Crippen molar-refractivity contribution in [2.45, 2.75) is 44.9 Å². The van der Waals surface area contributed by atoms with Gasteiger partial charge >= 0.3 is 6.18 Å². The minimum Gasteiger partial charge on any atom is -0.385 e. The molecule has 0 radical (unpaired) electrons. The summed E-state index contributed by atoms with van der Waals surface area (Å²) in [7, 11) is 1.68. The summed E-state index contributed by atoms with van der Waals surface area (Å²) >= 11 is 0.740. The molecular formula is C14H21F3O2S. The molecule has 0 saturated heterocycles. The first kappa shape index (κ1) is 17.5. The summed E-state index contributed by atoms with van der Waals surface area (Å²) in [6.45, 7) is 3.20. The normalized spacial score (nSPS) is 13.7. The van der Waals surface area contributed by atoms with E-state index in [1.807, 2.05) is 6.92 Å². The van der Waals surface area contributed by atoms with Gasteiger partial charge in [-0.3, -0.25) is 0 Å². The molecule has 0 amide bonds. The van der Waals surface area contributed by atoms with E-state index in [1.165, 1.54) is 6.07 Å². The molecule has 20 heavy (non-hydrogen) atoms. The summed E-state index contributed by atoms with van der Waals surface area (Å²) in [5.41, 5.74) is 0.689. The second-order valence-corrected chi connectivity index (χ2v) is 5.65. The van der Waals surface area contributed by atoms with Crippen molar-refractivity contribution in [1.29, 1.82) is 0 Å². The minimum atomic E-state index is -4.24. The molecule has 0 saturated carbocycles. The number of methoxy groups -OCH3 is 1. The smallest absolute Gasteiger partial charge is 0.385 e. The molecule has 0 aliphatic carbocycles. The first-order valence-corrected chi connectivity index (χ1v) is 7.56. The van der Waals surface area contributed by atoms with E-state index in [4.69, 9.17) is 9.47 Å². The van der Waals surface area contributed by atoms with Gasteiger partial charge in [0.05, 0.1) is 12.7 Å². The lowest BCUT2D eigenvalue weighted by Gasteiger charge is -2.12. The Hall–Kier alpha value is -0.590. The molecule has 1 rings (SSSR count). The number of hydrogen-bond acceptors (Lipinski definition) is 3. The molecule has 116 valence electrons. The van der Waals surface area contributed by atoms with Crippen molar-refractivity contribution >= 4 is 11.3 Å². The van der Waals surface area contributed by atoms with Crippen LogP contribution in [0.25, 0.3) is 0 Å². The van der Waals surface area contributed by atoms with E-state index < -0.39 is 11.1 Å². The molecule has 1 aromatic rings. The van der Waals surface area contributed by atoms with Gasteiger partial charge in [-0.2, -0.15) is 13.2 Å². The van der Waals surface area contributed by atoms with Gasteiger partial charge in [0.15, 0.2) is 0 Å². The number of thiophene rings is 1. The molecule has 0 aromatic carbocycles. The molecule has 0 aliphatic rings. The molecule has 1 aromatic heterocycles. The van der Waals surface area contributed by atoms with Crippen LogP contribution < -0.4 is 0 Å². The Morgan fingerprint density at radius 3 is 2.60 bits per heavy atom. The van der Waals surface area contributed by atoms with Crippen molar-refractivity contribution in [3.63, 3.8) is 0 Å². The summed E-state index contributed by atoms with van der Waals surface area (Å²) in [4.78, 5) is -0.542. The fourth-order valence-corrected chi connectivity index (χ4v) is 2.61. The third-order valence-corrected chi connectivity index (χ3v) is 3.96. The van der Waals surface area contributed by atoms with Gasteiger partial charge in [-0.05, 0) is 49.6 Å². The number of ether oxygens (including phenoxy) is 2. The summed E-state index contributed by atoms with van der Waals surface area (Å²) < 4.78 is 47.8. The maximum absolute atomic E-state index is 12.4. The summed E-state index contributed by atoms with van der Waals surface area (Å²) in [5.74, 6) is 0. The van der Waals surface area contributed by atoms with Crippen LogP contribution in [-0.2, 0) is 22.1 Å². The zero-order valence-corrected chi connectivity index (χ0v) is 12.6. The Labute approximate surface area is 121 Å². The lowest BCUT2D eigenvalue weighted by molar-refractivity contribution is -0.134. The molecule has 0 aliphatic heterocycles. The topological polar surface area (TPSA) is 18.5 Å². The van der Waals surface area contributed by atoms with Crippen LogP contribution in [0.15, 0.2) is 11.4 Å². The number of halogens is 3. The van der Waals surface area contributed by atoms with Crippen LogP contribution in [0, 0.1) is 0 Å². The molecule has 1 unspecified atom stereocenters.